The number of alkyl halides is 5. The van der Waals surface area contributed by atoms with E-state index in [0.29, 0.717) is 6.42 Å². The summed E-state index contributed by atoms with van der Waals surface area (Å²) < 4.78 is 67.7. The van der Waals surface area contributed by atoms with Crippen LogP contribution in [-0.4, -0.2) is 24.2 Å². The molecule has 2 atom stereocenters. The van der Waals surface area contributed by atoms with Crippen molar-refractivity contribution in [2.75, 3.05) is 0 Å². The molecule has 0 aromatic rings. The van der Waals surface area contributed by atoms with Crippen molar-refractivity contribution in [3.63, 3.8) is 0 Å². The maximum absolute atomic E-state index is 13.3. The normalized spacial score (nSPS) is 15.4. The number of esters is 1. The quantitative estimate of drug-likeness (QED) is 0.362. The third kappa shape index (κ3) is 8.67. The third-order valence-electron chi connectivity index (χ3n) is 3.14. The second-order valence-electron chi connectivity index (χ2n) is 5.30. The summed E-state index contributed by atoms with van der Waals surface area (Å²) in [5.41, 5.74) is 0.116. The fourth-order valence-corrected chi connectivity index (χ4v) is 1.70. The first-order valence-corrected chi connectivity index (χ1v) is 6.69. The van der Waals surface area contributed by atoms with Crippen LogP contribution in [0.5, 0.6) is 0 Å². The Balaban J connectivity index is 4.69. The van der Waals surface area contributed by atoms with Gasteiger partial charge < -0.3 is 4.74 Å². The van der Waals surface area contributed by atoms with E-state index in [4.69, 9.17) is 4.74 Å². The highest BCUT2D eigenvalue weighted by Gasteiger charge is 2.43. The van der Waals surface area contributed by atoms with Crippen molar-refractivity contribution in [1.29, 1.82) is 0 Å². The highest BCUT2D eigenvalue weighted by molar-refractivity contribution is 5.87. The van der Waals surface area contributed by atoms with Crippen LogP contribution < -0.4 is 0 Å². The van der Waals surface area contributed by atoms with Crippen molar-refractivity contribution in [2.45, 2.75) is 64.7 Å². The molecule has 124 valence electrons. The van der Waals surface area contributed by atoms with Crippen LogP contribution in [0, 0.1) is 5.92 Å². The van der Waals surface area contributed by atoms with E-state index in [1.54, 1.807) is 13.8 Å². The van der Waals surface area contributed by atoms with Crippen molar-refractivity contribution in [3.8, 4) is 0 Å². The van der Waals surface area contributed by atoms with E-state index in [9.17, 15) is 26.7 Å². The lowest BCUT2D eigenvalue weighted by atomic mass is 9.95. The standard InChI is InChI=1S/C14H21F5O2/c1-5-10(4)11(21-12(20)9(2)3)6-7-13(15,16)8-14(17,18)19/h10-11H,2,5-8H2,1,3-4H3. The van der Waals surface area contributed by atoms with Gasteiger partial charge in [0.2, 0.25) is 0 Å². The second kappa shape index (κ2) is 7.75. The summed E-state index contributed by atoms with van der Waals surface area (Å²) >= 11 is 0. The van der Waals surface area contributed by atoms with E-state index < -0.39 is 37.0 Å². The SMILES string of the molecule is C=C(C)C(=O)OC(CCC(F)(F)CC(F)(F)F)C(C)CC. The molecule has 0 saturated carbocycles. The molecule has 0 N–H and O–H groups in total. The molecular weight excluding hydrogens is 295 g/mol. The molecule has 2 nitrogen and oxygen atoms in total. The van der Waals surface area contributed by atoms with Gasteiger partial charge in [-0.3, -0.25) is 0 Å². The van der Waals surface area contributed by atoms with E-state index in [2.05, 4.69) is 6.58 Å². The molecule has 0 rings (SSSR count). The fraction of sp³-hybridized carbons (Fsp3) is 0.786. The molecule has 0 aromatic heterocycles. The van der Waals surface area contributed by atoms with Gasteiger partial charge in [-0.2, -0.15) is 13.2 Å². The molecule has 0 spiro atoms. The third-order valence-corrected chi connectivity index (χ3v) is 3.14. The van der Waals surface area contributed by atoms with Crippen LogP contribution in [0.3, 0.4) is 0 Å². The van der Waals surface area contributed by atoms with Crippen molar-refractivity contribution in [3.05, 3.63) is 12.2 Å². The van der Waals surface area contributed by atoms with Gasteiger partial charge in [0.15, 0.2) is 0 Å². The predicted octanol–water partition coefficient (Wildman–Crippen LogP) is 4.89. The largest absolute Gasteiger partial charge is 0.459 e. The van der Waals surface area contributed by atoms with Crippen LogP contribution in [0.1, 0.15) is 46.5 Å². The fourth-order valence-electron chi connectivity index (χ4n) is 1.70. The average molecular weight is 316 g/mol. The van der Waals surface area contributed by atoms with E-state index in [1.807, 2.05) is 0 Å². The molecule has 2 unspecified atom stereocenters. The average Bonchev–Trinajstić information content (AvgIpc) is 2.29. The lowest BCUT2D eigenvalue weighted by Crippen LogP contribution is -2.31. The zero-order valence-corrected chi connectivity index (χ0v) is 12.4. The summed E-state index contributed by atoms with van der Waals surface area (Å²) in [5, 5.41) is 0. The molecule has 0 aliphatic rings. The Bertz CT molecular complexity index is 363. The first kappa shape index (κ1) is 19.9. The lowest BCUT2D eigenvalue weighted by molar-refractivity contribution is -0.191. The highest BCUT2D eigenvalue weighted by Crippen LogP contribution is 2.36. The molecule has 0 bridgehead atoms. The topological polar surface area (TPSA) is 26.3 Å². The van der Waals surface area contributed by atoms with E-state index in [0.717, 1.165) is 0 Å². The Morgan fingerprint density at radius 2 is 1.76 bits per heavy atom. The van der Waals surface area contributed by atoms with E-state index >= 15 is 0 Å². The van der Waals surface area contributed by atoms with Crippen LogP contribution >= 0.6 is 0 Å². The molecule has 0 fully saturated rings. The van der Waals surface area contributed by atoms with Gasteiger partial charge in [0.25, 0.3) is 5.92 Å². The molecule has 0 radical (unpaired) electrons. The number of hydrogen-bond acceptors (Lipinski definition) is 2. The Labute approximate surface area is 121 Å². The van der Waals surface area contributed by atoms with Crippen LogP contribution in [0.2, 0.25) is 0 Å². The van der Waals surface area contributed by atoms with Crippen molar-refractivity contribution < 1.29 is 31.5 Å². The zero-order chi connectivity index (χ0) is 16.8. The van der Waals surface area contributed by atoms with Crippen LogP contribution in [0.15, 0.2) is 12.2 Å². The number of rotatable bonds is 8. The van der Waals surface area contributed by atoms with Crippen LogP contribution in [0.25, 0.3) is 0 Å². The van der Waals surface area contributed by atoms with Crippen LogP contribution in [0.4, 0.5) is 22.0 Å². The van der Waals surface area contributed by atoms with Crippen molar-refractivity contribution >= 4 is 5.97 Å². The Morgan fingerprint density at radius 3 is 2.14 bits per heavy atom. The minimum Gasteiger partial charge on any atom is -0.459 e. The Kier molecular flexibility index (Phi) is 7.33. The molecule has 0 aliphatic carbocycles. The summed E-state index contributed by atoms with van der Waals surface area (Å²) in [7, 11) is 0. The van der Waals surface area contributed by atoms with Crippen molar-refractivity contribution in [1.82, 2.24) is 0 Å². The van der Waals surface area contributed by atoms with E-state index in [1.165, 1.54) is 6.92 Å². The second-order valence-corrected chi connectivity index (χ2v) is 5.30. The number of halogens is 5. The molecule has 0 amide bonds. The van der Waals surface area contributed by atoms with Crippen LogP contribution in [-0.2, 0) is 9.53 Å². The van der Waals surface area contributed by atoms with Gasteiger partial charge >= 0.3 is 12.1 Å². The predicted molar refractivity (Wildman–Crippen MR) is 69.0 cm³/mol. The Hall–Kier alpha value is -1.14. The zero-order valence-electron chi connectivity index (χ0n) is 12.4. The monoisotopic (exact) mass is 316 g/mol. The summed E-state index contributed by atoms with van der Waals surface area (Å²) in [6.07, 6.45) is -8.69. The number of hydrogen-bond donors (Lipinski definition) is 0. The summed E-state index contributed by atoms with van der Waals surface area (Å²) in [6.45, 7) is 8.26. The number of ether oxygens (including phenoxy) is 1. The van der Waals surface area contributed by atoms with E-state index in [-0.39, 0.29) is 17.9 Å². The molecule has 7 heteroatoms. The molecule has 0 aromatic carbocycles. The highest BCUT2D eigenvalue weighted by atomic mass is 19.4. The smallest absolute Gasteiger partial charge is 0.394 e. The first-order chi connectivity index (χ1) is 9.38. The minimum atomic E-state index is -4.93. The summed E-state index contributed by atoms with van der Waals surface area (Å²) in [5.74, 6) is -4.81. The number of carbonyl (C=O) groups excluding carboxylic acids is 1. The Morgan fingerprint density at radius 1 is 1.24 bits per heavy atom. The molecule has 0 saturated heterocycles. The van der Waals surface area contributed by atoms with Gasteiger partial charge in [0.05, 0.1) is 0 Å². The summed E-state index contributed by atoms with van der Waals surface area (Å²) in [6, 6.07) is 0. The van der Waals surface area contributed by atoms with Gasteiger partial charge in [-0.25, -0.2) is 13.6 Å². The first-order valence-electron chi connectivity index (χ1n) is 6.69. The van der Waals surface area contributed by atoms with Gasteiger partial charge in [-0.15, -0.1) is 0 Å². The molecular formula is C14H21F5O2. The lowest BCUT2D eigenvalue weighted by Gasteiger charge is -2.26. The maximum Gasteiger partial charge on any atom is 0.394 e. The molecule has 0 heterocycles. The van der Waals surface area contributed by atoms with Gasteiger partial charge in [0, 0.05) is 12.0 Å². The molecule has 0 aliphatic heterocycles. The maximum atomic E-state index is 13.3. The van der Waals surface area contributed by atoms with Crippen molar-refractivity contribution in [2.24, 2.45) is 5.92 Å². The molecule has 21 heavy (non-hydrogen) atoms. The summed E-state index contributed by atoms with van der Waals surface area (Å²) in [4.78, 5) is 11.4. The minimum absolute atomic E-state index is 0.116. The van der Waals surface area contributed by atoms with Gasteiger partial charge in [-0.05, 0) is 19.3 Å². The number of carbonyl (C=O) groups is 1. The van der Waals surface area contributed by atoms with Gasteiger partial charge in [0.1, 0.15) is 12.5 Å². The van der Waals surface area contributed by atoms with Gasteiger partial charge in [-0.1, -0.05) is 26.8 Å².